The van der Waals surface area contributed by atoms with E-state index in [9.17, 15) is 0 Å². The standard InChI is InChI=1S/C5H6Ge.2C2H4O2/c1-2-4-6-5-3-1;2*1-2(3)4/h1-6H;2*1H3,(H,3,4)/p-2. The van der Waals surface area contributed by atoms with Crippen molar-refractivity contribution in [2.45, 2.75) is 13.8 Å². The maximum Gasteiger partial charge on any atom is 0.0383 e. The number of carboxylic acids is 2. The second-order valence-electron chi connectivity index (χ2n) is 2.14. The van der Waals surface area contributed by atoms with Crippen molar-refractivity contribution < 1.29 is 19.8 Å². The van der Waals surface area contributed by atoms with E-state index in [0.29, 0.717) is 0 Å². The summed E-state index contributed by atoms with van der Waals surface area (Å²) in [6, 6.07) is 0. The molecule has 1 aliphatic heterocycles. The summed E-state index contributed by atoms with van der Waals surface area (Å²) in [6.07, 6.45) is 6.32. The fourth-order valence-corrected chi connectivity index (χ4v) is 1.73. The molecule has 0 N–H and O–H groups in total. The molecule has 0 amide bonds. The maximum atomic E-state index is 8.89. The van der Waals surface area contributed by atoms with Crippen LogP contribution in [-0.2, 0) is 9.59 Å². The Kier molecular flexibility index (Phi) is 12.9. The minimum absolute atomic E-state index is 0.00781. The van der Waals surface area contributed by atoms with Gasteiger partial charge in [-0.25, -0.2) is 0 Å². The zero-order chi connectivity index (χ0) is 11.4. The van der Waals surface area contributed by atoms with Gasteiger partial charge in [0, 0.05) is 11.9 Å². The zero-order valence-electron chi connectivity index (χ0n) is 8.10. The molecular formula is C9H12GeO4-2. The van der Waals surface area contributed by atoms with E-state index in [0.717, 1.165) is 13.8 Å². The second-order valence-corrected chi connectivity index (χ2v) is 4.56. The Morgan fingerprint density at radius 1 is 1.00 bits per heavy atom. The summed E-state index contributed by atoms with van der Waals surface area (Å²) < 4.78 is 0. The fourth-order valence-electron chi connectivity index (χ4n) is 0.385. The van der Waals surface area contributed by atoms with Crippen LogP contribution in [0.1, 0.15) is 13.8 Å². The van der Waals surface area contributed by atoms with Gasteiger partial charge in [-0.1, -0.05) is 0 Å². The van der Waals surface area contributed by atoms with Crippen molar-refractivity contribution in [3.63, 3.8) is 0 Å². The smallest absolute Gasteiger partial charge is 0.0383 e. The van der Waals surface area contributed by atoms with E-state index >= 15 is 0 Å². The normalized spacial score (nSPS) is 10.4. The second kappa shape index (κ2) is 11.8. The van der Waals surface area contributed by atoms with Crippen LogP contribution in [-0.4, -0.2) is 31.8 Å². The van der Waals surface area contributed by atoms with Crippen LogP contribution in [0.4, 0.5) is 0 Å². The molecule has 0 fully saturated rings. The molecule has 0 aliphatic carbocycles. The number of allylic oxidation sites excluding steroid dienone is 3. The summed E-state index contributed by atoms with van der Waals surface area (Å²) in [4.78, 5) is 22.3. The Morgan fingerprint density at radius 2 is 1.43 bits per heavy atom. The Balaban J connectivity index is 0. The average Bonchev–Trinajstić information content (AvgIpc) is 2.05. The van der Waals surface area contributed by atoms with Gasteiger partial charge in [0.25, 0.3) is 0 Å². The molecule has 0 unspecified atom stereocenters. The summed E-state index contributed by atoms with van der Waals surface area (Å²) in [5.41, 5.74) is 0. The molecule has 1 rings (SSSR count). The van der Waals surface area contributed by atoms with E-state index in [1.807, 2.05) is 0 Å². The molecule has 0 aromatic rings. The number of carbonyl (C=O) groups excluding carboxylic acids is 2. The minimum Gasteiger partial charge on any atom is -0.550 e. The third-order valence-corrected chi connectivity index (χ3v) is 2.53. The van der Waals surface area contributed by atoms with Crippen LogP contribution < -0.4 is 10.2 Å². The van der Waals surface area contributed by atoms with Crippen molar-refractivity contribution in [2.75, 3.05) is 0 Å². The van der Waals surface area contributed by atoms with Gasteiger partial charge in [0.15, 0.2) is 0 Å². The minimum atomic E-state index is -1.08. The molecule has 1 heterocycles. The van der Waals surface area contributed by atoms with E-state index in [1.54, 1.807) is 0 Å². The molecule has 1 aliphatic rings. The van der Waals surface area contributed by atoms with E-state index < -0.39 is 11.9 Å². The molecule has 4 nitrogen and oxygen atoms in total. The SMILES string of the molecule is C1=C[CH]=[GeH][CH]=C1.CC(=O)[O-].CC(=O)[O-]. The van der Waals surface area contributed by atoms with Crippen LogP contribution in [0.3, 0.4) is 0 Å². The predicted molar refractivity (Wildman–Crippen MR) is 52.9 cm³/mol. The maximum absolute atomic E-state index is 8.89. The van der Waals surface area contributed by atoms with Gasteiger partial charge in [0.05, 0.1) is 0 Å². The summed E-state index contributed by atoms with van der Waals surface area (Å²) in [6.45, 7) is 1.94. The Hall–Kier alpha value is -1.17. The molecule has 0 bridgehead atoms. The molecule has 14 heavy (non-hydrogen) atoms. The Labute approximate surface area is 89.0 Å². The van der Waals surface area contributed by atoms with Gasteiger partial charge in [0.2, 0.25) is 0 Å². The Morgan fingerprint density at radius 3 is 1.50 bits per heavy atom. The van der Waals surface area contributed by atoms with Crippen LogP contribution in [0.5, 0.6) is 0 Å². The third kappa shape index (κ3) is 44.8. The molecule has 0 atom stereocenters. The summed E-state index contributed by atoms with van der Waals surface area (Å²) in [5, 5.41) is 17.8. The summed E-state index contributed by atoms with van der Waals surface area (Å²) in [7, 11) is 0. The number of aliphatic carboxylic acids is 2. The van der Waals surface area contributed by atoms with Crippen LogP contribution >= 0.6 is 0 Å². The first kappa shape index (κ1) is 15.3. The van der Waals surface area contributed by atoms with Gasteiger partial charge in [-0.05, 0) is 13.8 Å². The molecular weight excluding hydrogens is 245 g/mol. The van der Waals surface area contributed by atoms with Gasteiger partial charge < -0.3 is 19.8 Å². The Bertz CT molecular complexity index is 198. The van der Waals surface area contributed by atoms with Crippen LogP contribution in [0, 0.1) is 0 Å². The van der Waals surface area contributed by atoms with Crippen molar-refractivity contribution in [3.8, 4) is 0 Å². The fraction of sp³-hybridized carbons (Fsp3) is 0.222. The van der Waals surface area contributed by atoms with Gasteiger partial charge in [-0.2, -0.15) is 0 Å². The largest absolute Gasteiger partial charge is 0.550 e. The van der Waals surface area contributed by atoms with Crippen LogP contribution in [0.25, 0.3) is 0 Å². The van der Waals surface area contributed by atoms with Crippen LogP contribution in [0.2, 0.25) is 0 Å². The number of rotatable bonds is 0. The topological polar surface area (TPSA) is 80.3 Å². The average molecular weight is 257 g/mol. The van der Waals surface area contributed by atoms with Crippen molar-refractivity contribution in [1.82, 2.24) is 0 Å². The predicted octanol–water partition coefficient (Wildman–Crippen LogP) is -2.18. The molecule has 0 saturated heterocycles. The van der Waals surface area contributed by atoms with E-state index in [2.05, 4.69) is 28.0 Å². The first-order valence-electron chi connectivity index (χ1n) is 3.82. The van der Waals surface area contributed by atoms with Crippen LogP contribution in [0.15, 0.2) is 23.1 Å². The third-order valence-electron chi connectivity index (χ3n) is 0.667. The van der Waals surface area contributed by atoms with E-state index in [1.165, 1.54) is 0 Å². The van der Waals surface area contributed by atoms with Gasteiger partial charge in [-0.3, -0.25) is 0 Å². The molecule has 0 saturated carbocycles. The molecule has 78 valence electrons. The summed E-state index contributed by atoms with van der Waals surface area (Å²) >= 11 is -0.00781. The zero-order valence-corrected chi connectivity index (χ0v) is 10.5. The number of hydrogen-bond acceptors (Lipinski definition) is 4. The first-order chi connectivity index (χ1) is 6.46. The molecule has 0 radical (unpaired) electrons. The van der Waals surface area contributed by atoms with Crippen molar-refractivity contribution in [1.29, 1.82) is 0 Å². The number of hydrogen-bond donors (Lipinski definition) is 0. The quantitative estimate of drug-likeness (QED) is 0.462. The molecule has 0 aromatic carbocycles. The summed E-state index contributed by atoms with van der Waals surface area (Å²) in [5.74, 6) is -2.17. The van der Waals surface area contributed by atoms with E-state index in [4.69, 9.17) is 19.8 Å². The van der Waals surface area contributed by atoms with Crippen molar-refractivity contribution >= 4 is 31.8 Å². The molecule has 0 spiro atoms. The van der Waals surface area contributed by atoms with Gasteiger partial charge in [0.1, 0.15) is 0 Å². The van der Waals surface area contributed by atoms with Crippen molar-refractivity contribution in [3.05, 3.63) is 23.1 Å². The number of carboxylic acid groups (broad SMARTS) is 2. The molecule has 0 aromatic heterocycles. The monoisotopic (exact) mass is 258 g/mol. The molecule has 5 heteroatoms. The first-order valence-corrected chi connectivity index (χ1v) is 6.61. The number of carbonyl (C=O) groups is 2. The van der Waals surface area contributed by atoms with Gasteiger partial charge in [-0.15, -0.1) is 0 Å². The van der Waals surface area contributed by atoms with Crippen molar-refractivity contribution in [2.24, 2.45) is 0 Å². The van der Waals surface area contributed by atoms with Gasteiger partial charge >= 0.3 is 43.0 Å². The van der Waals surface area contributed by atoms with E-state index in [-0.39, 0.29) is 15.0 Å².